The van der Waals surface area contributed by atoms with Gasteiger partial charge in [0.1, 0.15) is 58.2 Å². The highest BCUT2D eigenvalue weighted by molar-refractivity contribution is 6.29. The average Bonchev–Trinajstić information content (AvgIpc) is 1.39. The fourth-order valence-electron chi connectivity index (χ4n) is 19.9. The van der Waals surface area contributed by atoms with Crippen molar-refractivity contribution >= 4 is 105 Å². The fourth-order valence-corrected chi connectivity index (χ4v) is 19.9. The Labute approximate surface area is 784 Å². The molecule has 0 spiro atoms. The minimum absolute atomic E-state index is 0.122. The van der Waals surface area contributed by atoms with Crippen LogP contribution in [0.25, 0.3) is 177 Å². The highest BCUT2D eigenvalue weighted by Gasteiger charge is 2.30. The number of aromatic amines is 5. The van der Waals surface area contributed by atoms with Crippen molar-refractivity contribution in [1.29, 1.82) is 0 Å². The monoisotopic (exact) mass is 1810 g/mol. The van der Waals surface area contributed by atoms with E-state index in [9.17, 15) is 10.2 Å². The predicted octanol–water partition coefficient (Wildman–Crippen LogP) is 24.6. The number of hydrogen-bond donors (Lipinski definition) is 8. The topological polar surface area (TPSA) is 391 Å². The van der Waals surface area contributed by atoms with E-state index in [1.165, 1.54) is 51.8 Å². The molecular formula is C109H108N20O7. The molecule has 23 rings (SSSR count). The van der Waals surface area contributed by atoms with E-state index in [4.69, 9.17) is 48.3 Å². The zero-order valence-electron chi connectivity index (χ0n) is 80.2. The molecule has 14 heterocycles. The number of nitrogens with two attached hydrogens (primary N) is 1. The number of aliphatic hydroxyl groups is 2. The minimum Gasteiger partial charge on any atom is -0.396 e. The number of aliphatic hydroxyl groups excluding tert-OH is 2. The molecule has 686 valence electrons. The third-order valence-corrected chi connectivity index (χ3v) is 26.3. The molecule has 1 atom stereocenters. The molecule has 2 aliphatic heterocycles. The van der Waals surface area contributed by atoms with Crippen molar-refractivity contribution in [3.05, 3.63) is 265 Å². The Bertz CT molecular complexity index is 8180. The van der Waals surface area contributed by atoms with Gasteiger partial charge in [-0.05, 0) is 320 Å². The molecular weight excluding hydrogens is 1700 g/mol. The highest BCUT2D eigenvalue weighted by atomic mass is 16.5. The Morgan fingerprint density at radius 3 is 1.10 bits per heavy atom. The number of aromatic nitrogens is 17. The summed E-state index contributed by atoms with van der Waals surface area (Å²) in [7, 11) is 0. The van der Waals surface area contributed by atoms with Crippen LogP contribution in [0.15, 0.2) is 184 Å². The lowest BCUT2D eigenvalue weighted by molar-refractivity contribution is 0.127. The summed E-state index contributed by atoms with van der Waals surface area (Å²) in [5.41, 5.74) is 52.7. The lowest BCUT2D eigenvalue weighted by Gasteiger charge is -2.13. The van der Waals surface area contributed by atoms with Crippen molar-refractivity contribution in [2.75, 3.05) is 25.4 Å². The van der Waals surface area contributed by atoms with Crippen LogP contribution in [0.1, 0.15) is 167 Å². The van der Waals surface area contributed by atoms with Gasteiger partial charge in [0.25, 0.3) is 0 Å². The molecule has 136 heavy (non-hydrogen) atoms. The summed E-state index contributed by atoms with van der Waals surface area (Å²) >= 11 is 0. The third-order valence-electron chi connectivity index (χ3n) is 26.3. The summed E-state index contributed by atoms with van der Waals surface area (Å²) in [5, 5.41) is 42.5. The van der Waals surface area contributed by atoms with Crippen molar-refractivity contribution in [1.82, 2.24) is 85.6 Å². The number of aliphatic imine (C=N–C) groups is 2. The third kappa shape index (κ3) is 16.9. The van der Waals surface area contributed by atoms with Gasteiger partial charge in [0.05, 0.1) is 108 Å². The number of aryl methyl sites for hydroxylation is 16. The van der Waals surface area contributed by atoms with Crippen LogP contribution < -0.4 is 5.73 Å². The SMILES string of the molecule is CC1=NCC(C)=C1c1cc(-c2c(C)noc2C)cc2[nH]c(CC3CC3)nc12.CC1=NCC(C)=C1c1cc(-c2c(C)noc2C)cc2[nH]c(N)nc12.Cc1ccc2ncccc2c1-c1cc(-c2c(C)noc2C)cc2[nH]c(C(O)CCO)nc12.Cc1nc2c(-c3c(C)ccc4ncccc34)cc(-c3c(C)noc3C)cc2[nH]1.Cc1nc2c(-c3c(C)cccc3C)cc(-c3c(C)noc3C)cc2[nH]1. The molecule has 20 aromatic rings. The van der Waals surface area contributed by atoms with Gasteiger partial charge in [-0.1, -0.05) is 68.2 Å². The second-order valence-electron chi connectivity index (χ2n) is 36.4. The smallest absolute Gasteiger partial charge is 0.198 e. The van der Waals surface area contributed by atoms with Crippen LogP contribution in [0, 0.1) is 117 Å². The molecule has 9 N–H and O–H groups in total. The van der Waals surface area contributed by atoms with Crippen LogP contribution in [0.5, 0.6) is 0 Å². The first-order valence-corrected chi connectivity index (χ1v) is 45.9. The van der Waals surface area contributed by atoms with Gasteiger partial charge in [0.15, 0.2) is 5.95 Å². The molecule has 3 aliphatic rings. The van der Waals surface area contributed by atoms with E-state index >= 15 is 0 Å². The van der Waals surface area contributed by atoms with Crippen LogP contribution >= 0.6 is 0 Å². The molecule has 27 heteroatoms. The Hall–Kier alpha value is -15.5. The van der Waals surface area contributed by atoms with Crippen LogP contribution in [0.4, 0.5) is 5.95 Å². The number of fused-ring (bicyclic) bond motifs is 7. The zero-order chi connectivity index (χ0) is 95.2. The first-order valence-electron chi connectivity index (χ1n) is 45.9. The van der Waals surface area contributed by atoms with E-state index in [0.717, 1.165) is 294 Å². The quantitative estimate of drug-likeness (QED) is 0.0472. The molecule has 0 bridgehead atoms. The van der Waals surface area contributed by atoms with Crippen LogP contribution in [-0.2, 0) is 6.42 Å². The number of hydrogen-bond acceptors (Lipinski definition) is 22. The largest absolute Gasteiger partial charge is 0.396 e. The van der Waals surface area contributed by atoms with E-state index in [1.807, 2.05) is 127 Å². The molecule has 1 fully saturated rings. The Morgan fingerprint density at radius 2 is 0.721 bits per heavy atom. The van der Waals surface area contributed by atoms with Crippen LogP contribution in [0.2, 0.25) is 0 Å². The van der Waals surface area contributed by atoms with Crippen molar-refractivity contribution in [2.24, 2.45) is 15.9 Å². The second kappa shape index (κ2) is 36.1. The molecule has 0 radical (unpaired) electrons. The minimum atomic E-state index is -0.877. The van der Waals surface area contributed by atoms with Crippen molar-refractivity contribution in [3.63, 3.8) is 0 Å². The van der Waals surface area contributed by atoms with E-state index in [2.05, 4.69) is 221 Å². The summed E-state index contributed by atoms with van der Waals surface area (Å²) in [6.07, 6.45) is 6.64. The molecule has 1 aliphatic carbocycles. The number of allylic oxidation sites excluding steroid dienone is 2. The zero-order valence-corrected chi connectivity index (χ0v) is 80.2. The number of anilines is 1. The van der Waals surface area contributed by atoms with Gasteiger partial charge in [-0.3, -0.25) is 20.0 Å². The number of benzene rings is 8. The number of rotatable bonds is 15. The van der Waals surface area contributed by atoms with E-state index in [-0.39, 0.29) is 13.0 Å². The normalized spacial score (nSPS) is 13.5. The summed E-state index contributed by atoms with van der Waals surface area (Å²) < 4.78 is 27.0. The second-order valence-corrected chi connectivity index (χ2v) is 36.4. The van der Waals surface area contributed by atoms with Crippen molar-refractivity contribution in [2.45, 2.75) is 170 Å². The summed E-state index contributed by atoms with van der Waals surface area (Å²) in [6.45, 7) is 41.8. The Balaban J connectivity index is 0.000000109. The molecule has 1 unspecified atom stereocenters. The van der Waals surface area contributed by atoms with Gasteiger partial charge in [0, 0.05) is 121 Å². The molecule has 1 saturated carbocycles. The number of nitrogen functional groups attached to an aromatic ring is 1. The van der Waals surface area contributed by atoms with E-state index < -0.39 is 6.10 Å². The van der Waals surface area contributed by atoms with Crippen molar-refractivity contribution < 1.29 is 32.8 Å². The predicted molar refractivity (Wildman–Crippen MR) is 539 cm³/mol. The first-order chi connectivity index (χ1) is 65.4. The molecule has 12 aromatic heterocycles. The molecule has 0 saturated heterocycles. The average molecular weight is 1810 g/mol. The van der Waals surface area contributed by atoms with Gasteiger partial charge in [0.2, 0.25) is 0 Å². The lowest BCUT2D eigenvalue weighted by atomic mass is 9.91. The van der Waals surface area contributed by atoms with Gasteiger partial charge in [-0.2, -0.15) is 0 Å². The highest BCUT2D eigenvalue weighted by Crippen LogP contribution is 2.47. The van der Waals surface area contributed by atoms with Gasteiger partial charge in [-0.25, -0.2) is 24.9 Å². The number of pyridine rings is 2. The Kier molecular flexibility index (Phi) is 23.8. The molecule has 0 amide bonds. The van der Waals surface area contributed by atoms with E-state index in [0.29, 0.717) is 11.8 Å². The van der Waals surface area contributed by atoms with Gasteiger partial charge < -0.3 is 63.5 Å². The molecule has 8 aromatic carbocycles. The summed E-state index contributed by atoms with van der Waals surface area (Å²) in [4.78, 5) is 58.8. The van der Waals surface area contributed by atoms with Crippen molar-refractivity contribution in [3.8, 4) is 89.0 Å². The summed E-state index contributed by atoms with van der Waals surface area (Å²) in [6, 6.07) is 44.2. The maximum absolute atomic E-state index is 10.5. The maximum atomic E-state index is 10.5. The molecule has 27 nitrogen and oxygen atoms in total. The Morgan fingerprint density at radius 1 is 0.368 bits per heavy atom. The van der Waals surface area contributed by atoms with Gasteiger partial charge in [-0.15, -0.1) is 0 Å². The van der Waals surface area contributed by atoms with Crippen LogP contribution in [0.3, 0.4) is 0 Å². The van der Waals surface area contributed by atoms with Gasteiger partial charge >= 0.3 is 0 Å². The number of H-pyrrole nitrogens is 5. The standard InChI is InChI=1S/C25H24N4O3.C23H20N4O.C22H24N4O.C21H21N3O.C18H19N5O/c1-13-6-7-19-17(5-4-9-26-19)22(13)18-11-16(23-14(2)29-32-15(23)3)12-20-24(18)28-25(27-20)21(31)8-10-30;1-12-7-8-19-17(6-5-9-24-19)21(12)18-10-16(22-13(2)27-28-14(22)3)11-20-23(18)26-15(4)25-20;1-11-10-23-12(2)20(11)17-8-16(21-13(3)26-27-14(21)4)9-18-22(17)25-19(24-18)7-15-5-6-15;1-11-7-6-8-12(2)19(11)17-9-16(20-13(3)24-25-14(20)4)10-18-21(17)23-15(5)22-18;1-8-7-20-9(2)15(8)13-5-12(16-10(3)23-24-11(16)4)6-14-17(13)22-18(19)21-14/h4-7,9,11-12,21,30-31H,8,10H2,1-3H3,(H,27,28);5-11H,1-4H3,(H,25,26);8-9,15H,5-7,10H2,1-4H3,(H,24,25);6-10H,1-5H3,(H,22,23);5-6H,7H2,1-4H3,(H3,19,21,22). The van der Waals surface area contributed by atoms with E-state index in [1.54, 1.807) is 6.20 Å². The summed E-state index contributed by atoms with van der Waals surface area (Å²) in [5.74, 6) is 8.57. The lowest BCUT2D eigenvalue weighted by Crippen LogP contribution is -2.01. The maximum Gasteiger partial charge on any atom is 0.198 e. The first kappa shape index (κ1) is 89.7. The number of imidazole rings is 5. The number of nitrogens with zero attached hydrogens (tertiary/aromatic N) is 14. The van der Waals surface area contributed by atoms with Crippen LogP contribution in [-0.4, -0.2) is 127 Å². The fraction of sp³-hybridized carbons (Fsp3) is 0.266. The number of nitrogens with one attached hydrogen (secondary N) is 5.